The minimum absolute atomic E-state index is 0.00509. The van der Waals surface area contributed by atoms with Crippen LogP contribution in [-0.4, -0.2) is 63.2 Å². The van der Waals surface area contributed by atoms with E-state index in [-0.39, 0.29) is 63.3 Å². The van der Waals surface area contributed by atoms with Crippen LogP contribution in [0.15, 0.2) is 60.7 Å². The molecule has 0 radical (unpaired) electrons. The Kier molecular flexibility index (Phi) is 17.2. The summed E-state index contributed by atoms with van der Waals surface area (Å²) in [7, 11) is 0. The molecule has 60 heavy (non-hydrogen) atoms. The number of Topliss-reactive ketones (excluding diaryl/α,β-unsaturated/α-hetero) is 1. The minimum Gasteiger partial charge on any atom is -0.462 e. The summed E-state index contributed by atoms with van der Waals surface area (Å²) in [5, 5.41) is 10.9. The Morgan fingerprint density at radius 1 is 0.517 bits per heavy atom. The maximum Gasteiger partial charge on any atom is 0.338 e. The summed E-state index contributed by atoms with van der Waals surface area (Å²) < 4.78 is 11.6. The van der Waals surface area contributed by atoms with Gasteiger partial charge in [-0.25, -0.2) is 4.79 Å². The SMILES string of the molecule is CC1(C)CC(CC(=O)CCCCCCCCC(=O)OC2CC(C)(C)NC(C)(C)C2)CC(C)(C)N1.CC1(C)CC(OC(=O)c2ccc(C3C=CC=CC=C3)cc2)CC(C)(C)N1. The number of piperidine rings is 3. The third kappa shape index (κ3) is 17.7. The van der Waals surface area contributed by atoms with Gasteiger partial charge in [-0.15, -0.1) is 0 Å². The maximum absolute atomic E-state index is 12.6. The van der Waals surface area contributed by atoms with Crippen molar-refractivity contribution >= 4 is 17.7 Å². The van der Waals surface area contributed by atoms with Gasteiger partial charge in [0.15, 0.2) is 0 Å². The number of ether oxygens (including phenoxy) is 2. The van der Waals surface area contributed by atoms with E-state index in [0.717, 1.165) is 89.9 Å². The van der Waals surface area contributed by atoms with Crippen LogP contribution in [0, 0.1) is 5.92 Å². The number of hydrogen-bond acceptors (Lipinski definition) is 8. The number of benzene rings is 1. The summed E-state index contributed by atoms with van der Waals surface area (Å²) in [5.74, 6) is 0.893. The standard InChI is InChI=1S/C29H54N2O3.C23H29NO2/c1-26(2)18-22(19-27(3,4)30-26)17-23(32)15-13-11-9-10-12-14-16-25(33)34-24-20-28(5,6)31-29(7,8)21-24;1-22(2)15-20(16-23(3,4)24-22)26-21(25)19-13-11-18(12-14-19)17-9-7-5-6-8-10-17/h22,24,30-31H,9-21H2,1-8H3;5-14,17,20,24H,15-16H2,1-4H3. The Bertz CT molecular complexity index is 1540. The Hall–Kier alpha value is -3.07. The lowest BCUT2D eigenvalue weighted by Gasteiger charge is -2.46. The molecule has 0 bridgehead atoms. The van der Waals surface area contributed by atoms with Crippen LogP contribution in [0.2, 0.25) is 0 Å². The lowest BCUT2D eigenvalue weighted by atomic mass is 9.74. The molecule has 3 fully saturated rings. The van der Waals surface area contributed by atoms with Gasteiger partial charge in [0.2, 0.25) is 0 Å². The molecule has 0 saturated carbocycles. The second kappa shape index (κ2) is 20.9. The van der Waals surface area contributed by atoms with Crippen molar-refractivity contribution in [2.24, 2.45) is 5.92 Å². The Morgan fingerprint density at radius 2 is 0.917 bits per heavy atom. The lowest BCUT2D eigenvalue weighted by molar-refractivity contribution is -0.153. The van der Waals surface area contributed by atoms with Gasteiger partial charge in [-0.3, -0.25) is 9.59 Å². The second-order valence-corrected chi connectivity index (χ2v) is 22.6. The molecular weight excluding hydrogens is 747 g/mol. The minimum atomic E-state index is -0.233. The predicted molar refractivity (Wildman–Crippen MR) is 247 cm³/mol. The fraction of sp³-hybridized carbons (Fsp3) is 0.712. The average Bonchev–Trinajstić information content (AvgIpc) is 3.35. The zero-order valence-corrected chi connectivity index (χ0v) is 39.7. The number of rotatable bonds is 15. The molecule has 1 aromatic carbocycles. The molecule has 8 nitrogen and oxygen atoms in total. The van der Waals surface area contributed by atoms with E-state index >= 15 is 0 Å². The summed E-state index contributed by atoms with van der Waals surface area (Å²) in [6.07, 6.45) is 26.3. The highest BCUT2D eigenvalue weighted by molar-refractivity contribution is 5.89. The molecular formula is C52H83N3O5. The predicted octanol–water partition coefficient (Wildman–Crippen LogP) is 11.4. The molecule has 5 rings (SSSR count). The number of esters is 2. The summed E-state index contributed by atoms with van der Waals surface area (Å²) in [6.45, 7) is 26.3. The first kappa shape index (κ1) is 49.6. The smallest absolute Gasteiger partial charge is 0.338 e. The highest BCUT2D eigenvalue weighted by atomic mass is 16.5. The topological polar surface area (TPSA) is 106 Å². The van der Waals surface area contributed by atoms with Crippen molar-refractivity contribution < 1.29 is 23.9 Å². The number of carbonyl (C=O) groups excluding carboxylic acids is 3. The van der Waals surface area contributed by atoms with Gasteiger partial charge in [0.05, 0.1) is 5.56 Å². The van der Waals surface area contributed by atoms with E-state index in [1.165, 1.54) is 5.56 Å². The third-order valence-corrected chi connectivity index (χ3v) is 12.3. The van der Waals surface area contributed by atoms with E-state index in [1.54, 1.807) is 0 Å². The fourth-order valence-electron chi connectivity index (χ4n) is 11.1. The summed E-state index contributed by atoms with van der Waals surface area (Å²) >= 11 is 0. The van der Waals surface area contributed by atoms with Crippen molar-refractivity contribution in [3.8, 4) is 0 Å². The average molecular weight is 830 g/mol. The number of unbranched alkanes of at least 4 members (excludes halogenated alkanes) is 5. The van der Waals surface area contributed by atoms with Crippen LogP contribution in [0.5, 0.6) is 0 Å². The zero-order chi connectivity index (χ0) is 44.4. The van der Waals surface area contributed by atoms with Crippen LogP contribution in [-0.2, 0) is 19.1 Å². The maximum atomic E-state index is 12.6. The van der Waals surface area contributed by atoms with E-state index in [2.05, 4.69) is 111 Å². The van der Waals surface area contributed by atoms with Gasteiger partial charge in [0, 0.05) is 84.1 Å². The van der Waals surface area contributed by atoms with Gasteiger partial charge in [0.25, 0.3) is 0 Å². The van der Waals surface area contributed by atoms with Gasteiger partial charge < -0.3 is 25.4 Å². The monoisotopic (exact) mass is 830 g/mol. The molecule has 0 spiro atoms. The molecule has 1 aromatic rings. The van der Waals surface area contributed by atoms with Crippen LogP contribution in [0.25, 0.3) is 0 Å². The third-order valence-electron chi connectivity index (χ3n) is 12.3. The number of allylic oxidation sites excluding steroid dienone is 6. The largest absolute Gasteiger partial charge is 0.462 e. The van der Waals surface area contributed by atoms with Gasteiger partial charge in [-0.05, 0) is 132 Å². The lowest BCUT2D eigenvalue weighted by Crippen LogP contribution is -2.59. The fourth-order valence-corrected chi connectivity index (χ4v) is 11.1. The van der Waals surface area contributed by atoms with E-state index in [9.17, 15) is 14.4 Å². The molecule has 0 amide bonds. The highest BCUT2D eigenvalue weighted by Crippen LogP contribution is 2.36. The molecule has 3 heterocycles. The van der Waals surface area contributed by atoms with Crippen LogP contribution in [0.4, 0.5) is 0 Å². The number of hydrogen-bond donors (Lipinski definition) is 3. The molecule has 1 aliphatic carbocycles. The quantitative estimate of drug-likeness (QED) is 0.119. The Labute approximate surface area is 364 Å². The molecule has 0 atom stereocenters. The molecule has 0 aromatic heterocycles. The van der Waals surface area contributed by atoms with Crippen molar-refractivity contribution in [1.82, 2.24) is 16.0 Å². The van der Waals surface area contributed by atoms with E-state index in [1.807, 2.05) is 48.6 Å². The molecule has 8 heteroatoms. The van der Waals surface area contributed by atoms with Crippen LogP contribution < -0.4 is 16.0 Å². The van der Waals surface area contributed by atoms with E-state index < -0.39 is 0 Å². The van der Waals surface area contributed by atoms with E-state index in [4.69, 9.17) is 9.47 Å². The molecule has 336 valence electrons. The van der Waals surface area contributed by atoms with E-state index in [0.29, 0.717) is 23.7 Å². The van der Waals surface area contributed by atoms with Crippen molar-refractivity contribution in [1.29, 1.82) is 0 Å². The van der Waals surface area contributed by atoms with Crippen molar-refractivity contribution in [3.63, 3.8) is 0 Å². The molecule has 0 unspecified atom stereocenters. The van der Waals surface area contributed by atoms with Gasteiger partial charge in [-0.2, -0.15) is 0 Å². The van der Waals surface area contributed by atoms with Crippen molar-refractivity contribution in [3.05, 3.63) is 71.8 Å². The Morgan fingerprint density at radius 3 is 1.38 bits per heavy atom. The van der Waals surface area contributed by atoms with Crippen molar-refractivity contribution in [2.45, 2.75) is 231 Å². The normalized spacial score (nSPS) is 23.2. The van der Waals surface area contributed by atoms with Crippen LogP contribution in [0.3, 0.4) is 0 Å². The molecule has 4 aliphatic rings. The number of ketones is 1. The molecule has 3 saturated heterocycles. The summed E-state index contributed by atoms with van der Waals surface area (Å²) in [5.41, 5.74) is 1.92. The summed E-state index contributed by atoms with van der Waals surface area (Å²) in [4.78, 5) is 37.4. The molecule has 3 aliphatic heterocycles. The number of carbonyl (C=O) groups is 3. The first-order valence-corrected chi connectivity index (χ1v) is 23.2. The van der Waals surface area contributed by atoms with Gasteiger partial charge in [0.1, 0.15) is 18.0 Å². The summed E-state index contributed by atoms with van der Waals surface area (Å²) in [6, 6.07) is 7.76. The van der Waals surface area contributed by atoms with Crippen LogP contribution >= 0.6 is 0 Å². The second-order valence-electron chi connectivity index (χ2n) is 22.6. The molecule has 3 N–H and O–H groups in total. The van der Waals surface area contributed by atoms with Crippen molar-refractivity contribution in [2.75, 3.05) is 0 Å². The first-order valence-electron chi connectivity index (χ1n) is 23.2. The number of nitrogens with one attached hydrogen (secondary N) is 3. The zero-order valence-electron chi connectivity index (χ0n) is 39.7. The van der Waals surface area contributed by atoms with Gasteiger partial charge >= 0.3 is 11.9 Å². The van der Waals surface area contributed by atoms with Crippen LogP contribution in [0.1, 0.15) is 201 Å². The highest BCUT2D eigenvalue weighted by Gasteiger charge is 2.41. The first-order chi connectivity index (χ1) is 27.8. The van der Waals surface area contributed by atoms with Gasteiger partial charge in [-0.1, -0.05) is 74.3 Å². The Balaban J connectivity index is 0.000000273.